The number of fused-ring (bicyclic) bond motifs is 2. The van der Waals surface area contributed by atoms with Crippen molar-refractivity contribution in [3.8, 4) is 5.75 Å². The lowest BCUT2D eigenvalue weighted by atomic mass is 10.1. The Bertz CT molecular complexity index is 2270. The Morgan fingerprint density at radius 2 is 1.76 bits per heavy atom. The Morgan fingerprint density at radius 1 is 1.02 bits per heavy atom. The number of pyridine rings is 1. The van der Waals surface area contributed by atoms with E-state index in [9.17, 15) is 19.2 Å². The van der Waals surface area contributed by atoms with Crippen LogP contribution in [0.1, 0.15) is 52.6 Å². The van der Waals surface area contributed by atoms with Crippen molar-refractivity contribution >= 4 is 52.6 Å². The van der Waals surface area contributed by atoms with Crippen molar-refractivity contribution in [2.45, 2.75) is 39.2 Å². The number of amides is 2. The molecule has 0 bridgehead atoms. The number of aliphatic imine (C=N–C) groups is 1. The molecule has 0 fully saturated rings. The van der Waals surface area contributed by atoms with Gasteiger partial charge in [0.15, 0.2) is 0 Å². The van der Waals surface area contributed by atoms with Crippen molar-refractivity contribution in [1.29, 1.82) is 0 Å². The highest BCUT2D eigenvalue weighted by Gasteiger charge is 2.22. The number of esters is 1. The van der Waals surface area contributed by atoms with Gasteiger partial charge in [0, 0.05) is 43.7 Å². The fourth-order valence-corrected chi connectivity index (χ4v) is 5.96. The van der Waals surface area contributed by atoms with Crippen molar-refractivity contribution in [3.63, 3.8) is 0 Å². The quantitative estimate of drug-likeness (QED) is 0.0206. The van der Waals surface area contributed by atoms with Crippen molar-refractivity contribution in [2.75, 3.05) is 30.5 Å². The number of nitrogens with zero attached hydrogens (tertiary/aromatic N) is 5. The smallest absolute Gasteiger partial charge is 0.441 e. The minimum atomic E-state index is -0.773. The number of amidine groups is 1. The van der Waals surface area contributed by atoms with Gasteiger partial charge in [0.25, 0.3) is 5.91 Å². The lowest BCUT2D eigenvalue weighted by molar-refractivity contribution is -0.142. The van der Waals surface area contributed by atoms with Gasteiger partial charge >= 0.3 is 12.1 Å². The summed E-state index contributed by atoms with van der Waals surface area (Å²) in [5.74, 6) is 0.927. The third kappa shape index (κ3) is 12.2. The number of rotatable bonds is 13. The zero-order valence-electron chi connectivity index (χ0n) is 32.6. The van der Waals surface area contributed by atoms with Crippen LogP contribution in [-0.4, -0.2) is 75.1 Å². The number of carbonyl (C=O) groups excluding carboxylic acids is 4. The zero-order chi connectivity index (χ0) is 42.0. The SMILES string of the molecule is C=C(O)/C=C/C=O.CCOC(=O)CCN(C(=O)c1ccc2c(c1)nc(CNc1ccc(/C(N)=N\C(=O)Oc3ccc4c(c3)CCC4)cc1)n2C)c1ccccn1.CO. The van der Waals surface area contributed by atoms with Crippen molar-refractivity contribution in [3.05, 3.63) is 138 Å². The molecule has 58 heavy (non-hydrogen) atoms. The summed E-state index contributed by atoms with van der Waals surface area (Å²) >= 11 is 0. The van der Waals surface area contributed by atoms with E-state index in [1.54, 1.807) is 61.7 Å². The third-order valence-electron chi connectivity index (χ3n) is 8.72. The Labute approximate surface area is 336 Å². The fraction of sp³-hybridized carbons (Fsp3) is 0.233. The number of aliphatic hydroxyl groups is 2. The van der Waals surface area contributed by atoms with Gasteiger partial charge in [0.1, 0.15) is 35.3 Å². The molecule has 3 aromatic carbocycles. The summed E-state index contributed by atoms with van der Waals surface area (Å²) in [7, 11) is 2.91. The largest absolute Gasteiger partial charge is 0.509 e. The summed E-state index contributed by atoms with van der Waals surface area (Å²) in [6.07, 6.45) is 6.97. The Hall–Kier alpha value is -7.13. The van der Waals surface area contributed by atoms with Gasteiger partial charge in [-0.15, -0.1) is 0 Å². The number of hydrogen-bond acceptors (Lipinski definition) is 11. The third-order valence-corrected chi connectivity index (χ3v) is 8.72. The molecular formula is C43H47N7O8. The van der Waals surface area contributed by atoms with Crippen LogP contribution in [-0.2, 0) is 40.8 Å². The van der Waals surface area contributed by atoms with Crippen molar-refractivity contribution < 1.29 is 38.9 Å². The number of nitrogens with two attached hydrogens (primary N) is 1. The molecule has 1 aliphatic rings. The normalized spacial score (nSPS) is 11.7. The molecule has 0 spiro atoms. The van der Waals surface area contributed by atoms with E-state index in [1.807, 2.05) is 41.9 Å². The molecule has 5 aromatic rings. The molecule has 2 amide bonds. The first-order chi connectivity index (χ1) is 28.1. The predicted molar refractivity (Wildman–Crippen MR) is 222 cm³/mol. The second kappa shape index (κ2) is 21.8. The van der Waals surface area contributed by atoms with E-state index >= 15 is 0 Å². The average molecular weight is 790 g/mol. The van der Waals surface area contributed by atoms with Crippen LogP contribution >= 0.6 is 0 Å². The summed E-state index contributed by atoms with van der Waals surface area (Å²) in [6.45, 7) is 5.65. The summed E-state index contributed by atoms with van der Waals surface area (Å²) in [5, 5.41) is 18.6. The van der Waals surface area contributed by atoms with Crippen molar-refractivity contribution in [2.24, 2.45) is 17.8 Å². The number of allylic oxidation sites excluding steroid dienone is 2. The molecule has 0 saturated heterocycles. The number of carbonyl (C=O) groups is 4. The van der Waals surface area contributed by atoms with Crippen LogP contribution in [0, 0.1) is 0 Å². The van der Waals surface area contributed by atoms with Gasteiger partial charge in [-0.05, 0) is 116 Å². The maximum absolute atomic E-state index is 13.7. The second-order valence-electron chi connectivity index (χ2n) is 12.6. The molecule has 15 heteroatoms. The number of aldehydes is 1. The highest BCUT2D eigenvalue weighted by atomic mass is 16.5. The number of ether oxygens (including phenoxy) is 2. The molecule has 15 nitrogen and oxygen atoms in total. The molecule has 302 valence electrons. The number of benzene rings is 3. The maximum atomic E-state index is 13.7. The topological polar surface area (TPSA) is 212 Å². The van der Waals surface area contributed by atoms with Crippen LogP contribution in [0.15, 0.2) is 115 Å². The molecule has 2 heterocycles. The molecule has 0 unspecified atom stereocenters. The van der Waals surface area contributed by atoms with E-state index in [0.29, 0.717) is 41.0 Å². The molecular weight excluding hydrogens is 743 g/mol. The van der Waals surface area contributed by atoms with E-state index in [0.717, 1.165) is 43.4 Å². The summed E-state index contributed by atoms with van der Waals surface area (Å²) in [5.41, 5.74) is 11.9. The predicted octanol–water partition coefficient (Wildman–Crippen LogP) is 6.00. The molecule has 0 saturated carbocycles. The monoisotopic (exact) mass is 789 g/mol. The highest BCUT2D eigenvalue weighted by Crippen LogP contribution is 2.26. The molecule has 0 aliphatic heterocycles. The van der Waals surface area contributed by atoms with Crippen molar-refractivity contribution in [1.82, 2.24) is 14.5 Å². The standard InChI is InChI=1S/C37H37N7O5.C5H6O2.CH4O/c1-3-48-34(45)18-20-44(32-9-4-5-19-39-32)36(46)27-13-17-31-30(22-27)41-33(43(31)2)23-40-28-14-10-25(11-15-28)35(38)42-37(47)49-29-16-12-24-7-6-8-26(24)21-29;1-5(7)3-2-4-6;1-2/h4-5,9-17,19,21-22,40H,3,6-8,18,20,23H2,1-2H3,(H2,38,42,47);2-4,7H,1H2;2H,1H3/b;3-2+;. The first-order valence-electron chi connectivity index (χ1n) is 18.4. The van der Waals surface area contributed by atoms with Crippen LogP contribution in [0.4, 0.5) is 16.3 Å². The van der Waals surface area contributed by atoms with Crippen LogP contribution in [0.25, 0.3) is 11.0 Å². The van der Waals surface area contributed by atoms with E-state index in [4.69, 9.17) is 30.4 Å². The van der Waals surface area contributed by atoms with Gasteiger partial charge in [0.2, 0.25) is 0 Å². The lowest BCUT2D eigenvalue weighted by Crippen LogP contribution is -2.34. The van der Waals surface area contributed by atoms with Gasteiger partial charge in [0.05, 0.1) is 30.6 Å². The van der Waals surface area contributed by atoms with Gasteiger partial charge in [-0.2, -0.15) is 4.99 Å². The number of imidazole rings is 1. The highest BCUT2D eigenvalue weighted by molar-refractivity contribution is 6.07. The second-order valence-corrected chi connectivity index (χ2v) is 12.6. The summed E-state index contributed by atoms with van der Waals surface area (Å²) < 4.78 is 12.4. The van der Waals surface area contributed by atoms with E-state index in [1.165, 1.54) is 28.2 Å². The first-order valence-corrected chi connectivity index (χ1v) is 18.4. The molecule has 5 N–H and O–H groups in total. The van der Waals surface area contributed by atoms with Crippen LogP contribution < -0.4 is 20.7 Å². The van der Waals surface area contributed by atoms with Gasteiger partial charge in [-0.3, -0.25) is 19.3 Å². The lowest BCUT2D eigenvalue weighted by Gasteiger charge is -2.21. The van der Waals surface area contributed by atoms with E-state index in [2.05, 4.69) is 21.9 Å². The minimum absolute atomic E-state index is 0.0420. The Balaban J connectivity index is 0.000000749. The number of aryl methyl sites for hydroxylation is 3. The van der Waals surface area contributed by atoms with E-state index < -0.39 is 6.09 Å². The van der Waals surface area contributed by atoms with E-state index in [-0.39, 0.29) is 43.0 Å². The van der Waals surface area contributed by atoms with Crippen LogP contribution in [0.2, 0.25) is 0 Å². The minimum Gasteiger partial charge on any atom is -0.509 e. The molecule has 2 aromatic heterocycles. The molecule has 0 radical (unpaired) electrons. The first kappa shape index (κ1) is 43.6. The average Bonchev–Trinajstić information content (AvgIpc) is 3.83. The van der Waals surface area contributed by atoms with Crippen LogP contribution in [0.3, 0.4) is 0 Å². The summed E-state index contributed by atoms with van der Waals surface area (Å²) in [4.78, 5) is 62.1. The molecule has 0 atom stereocenters. The Morgan fingerprint density at radius 3 is 2.43 bits per heavy atom. The zero-order valence-corrected chi connectivity index (χ0v) is 32.6. The number of aromatic nitrogens is 3. The fourth-order valence-electron chi connectivity index (χ4n) is 5.96. The Kier molecular flexibility index (Phi) is 16.4. The van der Waals surface area contributed by atoms with Crippen LogP contribution in [0.5, 0.6) is 5.75 Å². The van der Waals surface area contributed by atoms with Gasteiger partial charge in [-0.25, -0.2) is 14.8 Å². The summed E-state index contributed by atoms with van der Waals surface area (Å²) in [6, 6.07) is 23.5. The molecule has 6 rings (SSSR count). The number of hydrogen-bond donors (Lipinski definition) is 4. The van der Waals surface area contributed by atoms with Gasteiger partial charge in [-0.1, -0.05) is 18.7 Å². The number of nitrogens with one attached hydrogen (secondary N) is 1. The number of aliphatic hydroxyl groups excluding tert-OH is 2. The van der Waals surface area contributed by atoms with Gasteiger partial charge < -0.3 is 35.3 Å². The maximum Gasteiger partial charge on any atom is 0.441 e. The number of anilines is 2. The molecule has 1 aliphatic carbocycles.